The van der Waals surface area contributed by atoms with Crippen LogP contribution in [0.3, 0.4) is 0 Å². The molecule has 0 radical (unpaired) electrons. The van der Waals surface area contributed by atoms with Crippen molar-refractivity contribution in [3.63, 3.8) is 0 Å². The van der Waals surface area contributed by atoms with Crippen molar-refractivity contribution in [1.82, 2.24) is 9.71 Å². The summed E-state index contributed by atoms with van der Waals surface area (Å²) >= 11 is 1.37. The molecule has 0 bridgehead atoms. The number of phenolic OH excluding ortho intramolecular Hbond substituents is 1. The fourth-order valence-electron chi connectivity index (χ4n) is 1.23. The average Bonchev–Trinajstić information content (AvgIpc) is 2.79. The summed E-state index contributed by atoms with van der Waals surface area (Å²) in [5, 5.41) is 11.7. The van der Waals surface area contributed by atoms with Crippen LogP contribution in [-0.4, -0.2) is 18.5 Å². The molecule has 0 aliphatic carbocycles. The van der Waals surface area contributed by atoms with E-state index in [1.165, 1.54) is 35.6 Å². The van der Waals surface area contributed by atoms with Gasteiger partial charge in [-0.15, -0.1) is 11.3 Å². The largest absolute Gasteiger partial charge is 0.508 e. The summed E-state index contributed by atoms with van der Waals surface area (Å²) in [5.41, 5.74) is 0. The molecule has 2 rings (SSSR count). The van der Waals surface area contributed by atoms with Crippen LogP contribution in [0.2, 0.25) is 0 Å². The van der Waals surface area contributed by atoms with Gasteiger partial charge in [-0.25, -0.2) is 18.1 Å². The summed E-state index contributed by atoms with van der Waals surface area (Å²) in [6, 6.07) is 5.52. The third-order valence-corrected chi connectivity index (χ3v) is 4.20. The zero-order valence-corrected chi connectivity index (χ0v) is 10.3. The van der Waals surface area contributed by atoms with Crippen LogP contribution in [0, 0.1) is 0 Å². The summed E-state index contributed by atoms with van der Waals surface area (Å²) in [6.45, 7) is 0.148. The monoisotopic (exact) mass is 270 g/mol. The molecule has 7 heteroatoms. The number of nitrogens with one attached hydrogen (secondary N) is 1. The molecule has 0 unspecified atom stereocenters. The van der Waals surface area contributed by atoms with Crippen LogP contribution >= 0.6 is 11.3 Å². The van der Waals surface area contributed by atoms with Gasteiger partial charge in [0.15, 0.2) is 0 Å². The molecule has 1 aromatic carbocycles. The number of nitrogens with zero attached hydrogens (tertiary/aromatic N) is 1. The van der Waals surface area contributed by atoms with Crippen molar-refractivity contribution in [3.8, 4) is 5.75 Å². The minimum Gasteiger partial charge on any atom is -0.508 e. The van der Waals surface area contributed by atoms with Crippen LogP contribution in [0.5, 0.6) is 5.75 Å². The first-order valence-corrected chi connectivity index (χ1v) is 7.11. The summed E-state index contributed by atoms with van der Waals surface area (Å²) in [6.07, 6.45) is 1.61. The summed E-state index contributed by atoms with van der Waals surface area (Å²) in [5.74, 6) is -0.0814. The highest BCUT2D eigenvalue weighted by atomic mass is 32.2. The Morgan fingerprint density at radius 3 is 2.88 bits per heavy atom. The molecule has 0 saturated heterocycles. The Morgan fingerprint density at radius 2 is 2.24 bits per heavy atom. The van der Waals surface area contributed by atoms with Crippen molar-refractivity contribution >= 4 is 21.4 Å². The van der Waals surface area contributed by atoms with E-state index in [2.05, 4.69) is 9.71 Å². The number of sulfonamides is 1. The first-order chi connectivity index (χ1) is 8.08. The number of rotatable bonds is 4. The van der Waals surface area contributed by atoms with E-state index in [4.69, 9.17) is 0 Å². The van der Waals surface area contributed by atoms with Crippen LogP contribution in [0.4, 0.5) is 0 Å². The molecule has 0 atom stereocenters. The second-order valence-corrected chi connectivity index (χ2v) is 5.99. The van der Waals surface area contributed by atoms with E-state index in [-0.39, 0.29) is 17.2 Å². The Hall–Kier alpha value is -1.44. The van der Waals surface area contributed by atoms with Gasteiger partial charge in [0.1, 0.15) is 10.8 Å². The molecule has 17 heavy (non-hydrogen) atoms. The smallest absolute Gasteiger partial charge is 0.241 e. The second-order valence-electron chi connectivity index (χ2n) is 3.25. The van der Waals surface area contributed by atoms with Gasteiger partial charge in [-0.3, -0.25) is 0 Å². The Labute approximate surface area is 103 Å². The standard InChI is InChI=1S/C10H10N2O3S2/c13-8-2-1-3-9(6-8)17(14,15)12-7-10-11-4-5-16-10/h1-6,12-13H,7H2. The molecular weight excluding hydrogens is 260 g/mol. The minimum atomic E-state index is -3.60. The molecule has 0 aliphatic rings. The van der Waals surface area contributed by atoms with E-state index in [0.29, 0.717) is 5.01 Å². The van der Waals surface area contributed by atoms with E-state index in [1.54, 1.807) is 11.6 Å². The lowest BCUT2D eigenvalue weighted by Gasteiger charge is -2.05. The Bertz CT molecular complexity index is 594. The van der Waals surface area contributed by atoms with Crippen molar-refractivity contribution in [2.24, 2.45) is 0 Å². The first kappa shape index (κ1) is 12.0. The SMILES string of the molecule is O=S(=O)(NCc1nccs1)c1cccc(O)c1. The lowest BCUT2D eigenvalue weighted by atomic mass is 10.3. The molecule has 2 aromatic rings. The summed E-state index contributed by atoms with van der Waals surface area (Å²) in [7, 11) is -3.60. The van der Waals surface area contributed by atoms with Crippen molar-refractivity contribution in [2.45, 2.75) is 11.4 Å². The van der Waals surface area contributed by atoms with Crippen LogP contribution < -0.4 is 4.72 Å². The lowest BCUT2D eigenvalue weighted by Crippen LogP contribution is -2.23. The van der Waals surface area contributed by atoms with Gasteiger partial charge in [0.25, 0.3) is 0 Å². The Balaban J connectivity index is 2.14. The van der Waals surface area contributed by atoms with Crippen LogP contribution in [0.25, 0.3) is 0 Å². The number of aromatic nitrogens is 1. The molecule has 2 N–H and O–H groups in total. The molecule has 5 nitrogen and oxygen atoms in total. The zero-order valence-electron chi connectivity index (χ0n) is 8.70. The number of hydrogen-bond acceptors (Lipinski definition) is 5. The fraction of sp³-hybridized carbons (Fsp3) is 0.100. The molecule has 1 aromatic heterocycles. The average molecular weight is 270 g/mol. The van der Waals surface area contributed by atoms with Gasteiger partial charge >= 0.3 is 0 Å². The van der Waals surface area contributed by atoms with Crippen LogP contribution in [-0.2, 0) is 16.6 Å². The molecular formula is C10H10N2O3S2. The third kappa shape index (κ3) is 3.02. The molecule has 0 saturated carbocycles. The maximum atomic E-state index is 11.8. The fourth-order valence-corrected chi connectivity index (χ4v) is 2.91. The predicted molar refractivity (Wildman–Crippen MR) is 64.2 cm³/mol. The third-order valence-electron chi connectivity index (χ3n) is 2.02. The highest BCUT2D eigenvalue weighted by Gasteiger charge is 2.14. The summed E-state index contributed by atoms with van der Waals surface area (Å²) < 4.78 is 26.1. The quantitative estimate of drug-likeness (QED) is 0.878. The van der Waals surface area contributed by atoms with E-state index < -0.39 is 10.0 Å². The minimum absolute atomic E-state index is 0.0362. The molecule has 0 spiro atoms. The highest BCUT2D eigenvalue weighted by molar-refractivity contribution is 7.89. The van der Waals surface area contributed by atoms with Gasteiger partial charge < -0.3 is 5.11 Å². The van der Waals surface area contributed by atoms with Gasteiger partial charge in [-0.1, -0.05) is 6.07 Å². The zero-order chi connectivity index (χ0) is 12.3. The van der Waals surface area contributed by atoms with Gasteiger partial charge in [-0.2, -0.15) is 0 Å². The number of thiazole rings is 1. The van der Waals surface area contributed by atoms with Gasteiger partial charge in [0.2, 0.25) is 10.0 Å². The number of benzene rings is 1. The van der Waals surface area contributed by atoms with Crippen LogP contribution in [0.1, 0.15) is 5.01 Å². The Kier molecular flexibility index (Phi) is 3.41. The van der Waals surface area contributed by atoms with E-state index in [9.17, 15) is 13.5 Å². The maximum absolute atomic E-state index is 11.8. The van der Waals surface area contributed by atoms with Crippen LogP contribution in [0.15, 0.2) is 40.7 Å². The lowest BCUT2D eigenvalue weighted by molar-refractivity contribution is 0.473. The van der Waals surface area contributed by atoms with Crippen molar-refractivity contribution in [3.05, 3.63) is 40.8 Å². The molecule has 0 amide bonds. The van der Waals surface area contributed by atoms with Crippen molar-refractivity contribution in [1.29, 1.82) is 0 Å². The second kappa shape index (κ2) is 4.82. The van der Waals surface area contributed by atoms with Crippen molar-refractivity contribution < 1.29 is 13.5 Å². The number of hydrogen-bond donors (Lipinski definition) is 2. The van der Waals surface area contributed by atoms with E-state index in [0.717, 1.165) is 0 Å². The van der Waals surface area contributed by atoms with Gasteiger partial charge in [0.05, 0.1) is 11.4 Å². The topological polar surface area (TPSA) is 79.3 Å². The maximum Gasteiger partial charge on any atom is 0.241 e. The predicted octanol–water partition coefficient (Wildman–Crippen LogP) is 1.33. The highest BCUT2D eigenvalue weighted by Crippen LogP contribution is 2.16. The van der Waals surface area contributed by atoms with Crippen molar-refractivity contribution in [2.75, 3.05) is 0 Å². The number of phenols is 1. The van der Waals surface area contributed by atoms with Gasteiger partial charge in [0, 0.05) is 11.6 Å². The summed E-state index contributed by atoms with van der Waals surface area (Å²) in [4.78, 5) is 4.01. The van der Waals surface area contributed by atoms with E-state index >= 15 is 0 Å². The Morgan fingerprint density at radius 1 is 1.41 bits per heavy atom. The van der Waals surface area contributed by atoms with E-state index in [1.807, 2.05) is 0 Å². The molecule has 0 aliphatic heterocycles. The molecule has 1 heterocycles. The first-order valence-electron chi connectivity index (χ1n) is 4.75. The normalized spacial score (nSPS) is 11.5. The van der Waals surface area contributed by atoms with Gasteiger partial charge in [-0.05, 0) is 18.2 Å². The number of aromatic hydroxyl groups is 1. The molecule has 90 valence electrons. The molecule has 0 fully saturated rings.